The predicted molar refractivity (Wildman–Crippen MR) is 106 cm³/mol. The summed E-state index contributed by atoms with van der Waals surface area (Å²) in [5, 5.41) is 2.72. The van der Waals surface area contributed by atoms with Gasteiger partial charge in [0.2, 0.25) is 11.0 Å². The van der Waals surface area contributed by atoms with E-state index in [0.717, 1.165) is 5.56 Å². The third kappa shape index (κ3) is 9.18. The first kappa shape index (κ1) is 21.9. The molecule has 140 valence electrons. The Bertz CT molecular complexity index is 579. The highest BCUT2D eigenvalue weighted by Gasteiger charge is 2.25. The van der Waals surface area contributed by atoms with Gasteiger partial charge < -0.3 is 11.1 Å². The molecule has 0 fully saturated rings. The van der Waals surface area contributed by atoms with E-state index in [0.29, 0.717) is 24.3 Å². The number of nitrogens with one attached hydrogen (secondary N) is 1. The molecule has 0 aliphatic rings. The lowest BCUT2D eigenvalue weighted by molar-refractivity contribution is -0.126. The van der Waals surface area contributed by atoms with Crippen molar-refractivity contribution in [2.24, 2.45) is 11.7 Å². The Balaban J connectivity index is 2.61. The fourth-order valence-electron chi connectivity index (χ4n) is 2.22. The van der Waals surface area contributed by atoms with Gasteiger partial charge in [-0.3, -0.25) is 13.8 Å². The number of hydrogen-bond acceptors (Lipinski definition) is 5. The minimum Gasteiger partial charge on any atom is -0.344 e. The first-order valence-electron chi connectivity index (χ1n) is 8.36. The van der Waals surface area contributed by atoms with Crippen LogP contribution < -0.4 is 11.1 Å². The Kier molecular flexibility index (Phi) is 10.0. The number of nitrogens with two attached hydrogens (primary N) is 1. The molecule has 0 saturated heterocycles. The maximum Gasteiger partial charge on any atom is 0.237 e. The third-order valence-electron chi connectivity index (χ3n) is 3.59. The van der Waals surface area contributed by atoms with Crippen molar-refractivity contribution < 1.29 is 13.8 Å². The van der Waals surface area contributed by atoms with Gasteiger partial charge in [-0.05, 0) is 24.3 Å². The molecule has 0 bridgehead atoms. The first-order chi connectivity index (χ1) is 11.8. The average molecular weight is 385 g/mol. The molecule has 1 aromatic carbocycles. The number of rotatable bonds is 10. The van der Waals surface area contributed by atoms with Crippen LogP contribution in [0.4, 0.5) is 0 Å². The molecule has 3 atom stereocenters. The summed E-state index contributed by atoms with van der Waals surface area (Å²) in [4.78, 5) is 24.8. The molecule has 3 N–H and O–H groups in total. The lowest BCUT2D eigenvalue weighted by Gasteiger charge is -2.21. The number of amides is 1. The normalized spacial score (nSPS) is 14.8. The largest absolute Gasteiger partial charge is 0.344 e. The van der Waals surface area contributed by atoms with Crippen LogP contribution in [0.5, 0.6) is 0 Å². The first-order valence-corrected chi connectivity index (χ1v) is 11.1. The van der Waals surface area contributed by atoms with Crippen LogP contribution in [0, 0.1) is 5.92 Å². The lowest BCUT2D eigenvalue weighted by Crippen LogP contribution is -2.48. The van der Waals surface area contributed by atoms with Crippen molar-refractivity contribution >= 4 is 33.6 Å². The van der Waals surface area contributed by atoms with Gasteiger partial charge in [0.15, 0.2) is 0 Å². The van der Waals surface area contributed by atoms with Crippen molar-refractivity contribution in [2.75, 3.05) is 12.0 Å². The van der Waals surface area contributed by atoms with Crippen LogP contribution >= 0.6 is 11.8 Å². The van der Waals surface area contributed by atoms with Crippen LogP contribution in [0.3, 0.4) is 0 Å². The summed E-state index contributed by atoms with van der Waals surface area (Å²) in [5.41, 5.74) is 6.91. The second kappa shape index (κ2) is 11.4. The summed E-state index contributed by atoms with van der Waals surface area (Å²) in [6.07, 6.45) is 2.49. The van der Waals surface area contributed by atoms with Crippen LogP contribution in [0.15, 0.2) is 30.3 Å². The second-order valence-electron chi connectivity index (χ2n) is 6.46. The molecule has 1 amide bonds. The van der Waals surface area contributed by atoms with E-state index in [9.17, 15) is 13.8 Å². The molecule has 0 aliphatic heterocycles. The summed E-state index contributed by atoms with van der Waals surface area (Å²) in [7, 11) is -0.989. The highest BCUT2D eigenvalue weighted by Crippen LogP contribution is 2.18. The Morgan fingerprint density at radius 1 is 1.24 bits per heavy atom. The van der Waals surface area contributed by atoms with Gasteiger partial charge in [0.05, 0.1) is 12.1 Å². The molecule has 0 radical (unpaired) electrons. The van der Waals surface area contributed by atoms with E-state index in [4.69, 9.17) is 5.73 Å². The second-order valence-corrected chi connectivity index (χ2v) is 8.99. The smallest absolute Gasteiger partial charge is 0.237 e. The highest BCUT2D eigenvalue weighted by atomic mass is 32.2. The van der Waals surface area contributed by atoms with Gasteiger partial charge in [-0.25, -0.2) is 0 Å². The molecule has 1 aromatic rings. The molecule has 1 unspecified atom stereocenters. The van der Waals surface area contributed by atoms with E-state index in [1.54, 1.807) is 6.26 Å². The third-order valence-corrected chi connectivity index (χ3v) is 5.44. The summed E-state index contributed by atoms with van der Waals surface area (Å²) in [5.74, 6) is 0.862. The van der Waals surface area contributed by atoms with E-state index in [-0.39, 0.29) is 16.9 Å². The Morgan fingerprint density at radius 3 is 2.44 bits per heavy atom. The zero-order valence-corrected chi connectivity index (χ0v) is 16.7. The van der Waals surface area contributed by atoms with Crippen molar-refractivity contribution in [3.05, 3.63) is 35.9 Å². The number of carbonyl (C=O) groups excluding carboxylic acids is 2. The van der Waals surface area contributed by atoms with E-state index >= 15 is 0 Å². The molecule has 5 nitrogen and oxygen atoms in total. The van der Waals surface area contributed by atoms with Gasteiger partial charge in [-0.1, -0.05) is 55.9 Å². The highest BCUT2D eigenvalue weighted by molar-refractivity contribution is 8.13. The molecule has 1 rings (SSSR count). The maximum absolute atomic E-state index is 12.5. The van der Waals surface area contributed by atoms with E-state index in [1.807, 2.05) is 44.2 Å². The van der Waals surface area contributed by atoms with Crippen LogP contribution in [0.2, 0.25) is 0 Å². The monoisotopic (exact) mass is 384 g/mol. The SMILES string of the molecule is CC(C)C[C@H](NC(=O)[C@@H](N)CCS(C)=O)C(=O)SCc1ccccc1. The molecular weight excluding hydrogens is 356 g/mol. The zero-order chi connectivity index (χ0) is 18.8. The fraction of sp³-hybridized carbons (Fsp3) is 0.556. The average Bonchev–Trinajstić information content (AvgIpc) is 2.57. The molecule has 0 aromatic heterocycles. The molecule has 0 spiro atoms. The summed E-state index contributed by atoms with van der Waals surface area (Å²) >= 11 is 1.21. The molecule has 25 heavy (non-hydrogen) atoms. The predicted octanol–water partition coefficient (Wildman–Crippen LogP) is 2.07. The van der Waals surface area contributed by atoms with Gasteiger partial charge in [0.25, 0.3) is 0 Å². The molecule has 0 heterocycles. The Hall–Kier alpha value is -1.18. The lowest BCUT2D eigenvalue weighted by atomic mass is 10.0. The number of carbonyl (C=O) groups is 2. The van der Waals surface area contributed by atoms with E-state index in [2.05, 4.69) is 5.32 Å². The van der Waals surface area contributed by atoms with Gasteiger partial charge in [-0.15, -0.1) is 0 Å². The molecule has 0 aliphatic carbocycles. The Morgan fingerprint density at radius 2 is 1.88 bits per heavy atom. The van der Waals surface area contributed by atoms with Crippen LogP contribution in [0.25, 0.3) is 0 Å². The molecule has 0 saturated carbocycles. The number of hydrogen-bond donors (Lipinski definition) is 2. The number of benzene rings is 1. The van der Waals surface area contributed by atoms with Crippen LogP contribution in [0.1, 0.15) is 32.3 Å². The van der Waals surface area contributed by atoms with E-state index in [1.165, 1.54) is 11.8 Å². The van der Waals surface area contributed by atoms with Crippen molar-refractivity contribution in [3.8, 4) is 0 Å². The van der Waals surface area contributed by atoms with Gasteiger partial charge >= 0.3 is 0 Å². The van der Waals surface area contributed by atoms with Crippen molar-refractivity contribution in [1.29, 1.82) is 0 Å². The molecular formula is C18H28N2O3S2. The zero-order valence-electron chi connectivity index (χ0n) is 15.1. The standard InChI is InChI=1S/C18H28N2O3S2/c1-13(2)11-16(20-17(21)15(19)9-10-25(3)23)18(22)24-12-14-7-5-4-6-8-14/h4-8,13,15-16H,9-12,19H2,1-3H3,(H,20,21)/t15-,16-,25?/m0/s1. The summed E-state index contributed by atoms with van der Waals surface area (Å²) < 4.78 is 11.1. The van der Waals surface area contributed by atoms with Crippen molar-refractivity contribution in [2.45, 2.75) is 44.5 Å². The summed E-state index contributed by atoms with van der Waals surface area (Å²) in [6, 6.07) is 8.44. The van der Waals surface area contributed by atoms with Gasteiger partial charge in [-0.2, -0.15) is 0 Å². The Labute approximate surface area is 157 Å². The fourth-order valence-corrected chi connectivity index (χ4v) is 3.66. The maximum atomic E-state index is 12.5. The van der Waals surface area contributed by atoms with Gasteiger partial charge in [0.1, 0.15) is 0 Å². The topological polar surface area (TPSA) is 89.3 Å². The van der Waals surface area contributed by atoms with Crippen molar-refractivity contribution in [3.63, 3.8) is 0 Å². The number of thioether (sulfide) groups is 1. The summed E-state index contributed by atoms with van der Waals surface area (Å²) in [6.45, 7) is 4.02. The van der Waals surface area contributed by atoms with E-state index < -0.39 is 22.9 Å². The van der Waals surface area contributed by atoms with Crippen LogP contribution in [-0.2, 0) is 26.1 Å². The van der Waals surface area contributed by atoms with Crippen LogP contribution in [-0.4, -0.2) is 39.3 Å². The van der Waals surface area contributed by atoms with Crippen molar-refractivity contribution in [1.82, 2.24) is 5.32 Å². The molecule has 7 heteroatoms. The quantitative estimate of drug-likeness (QED) is 0.645. The van der Waals surface area contributed by atoms with Gasteiger partial charge in [0, 0.05) is 28.6 Å². The minimum absolute atomic E-state index is 0.0582. The minimum atomic E-state index is -0.989.